The molecular weight excluding hydrogens is 378 g/mol. The first-order chi connectivity index (χ1) is 14.6. The van der Waals surface area contributed by atoms with E-state index in [0.717, 1.165) is 45.4 Å². The van der Waals surface area contributed by atoms with Crippen LogP contribution in [0.3, 0.4) is 0 Å². The van der Waals surface area contributed by atoms with Crippen LogP contribution in [0.2, 0.25) is 0 Å². The SMILES string of the molecule is COC(=O)c1ccc2cc(-c3cc(-c4cc5c([nH]4)CCNC5=O)ccn3)ccc2c1. The van der Waals surface area contributed by atoms with Gasteiger partial charge in [-0.25, -0.2) is 4.79 Å². The second kappa shape index (κ2) is 7.15. The van der Waals surface area contributed by atoms with E-state index in [1.807, 2.05) is 42.5 Å². The lowest BCUT2D eigenvalue weighted by Crippen LogP contribution is -2.31. The summed E-state index contributed by atoms with van der Waals surface area (Å²) in [5.41, 5.74) is 5.90. The average Bonchev–Trinajstić information content (AvgIpc) is 3.24. The largest absolute Gasteiger partial charge is 0.465 e. The Morgan fingerprint density at radius 2 is 1.83 bits per heavy atom. The van der Waals surface area contributed by atoms with E-state index in [0.29, 0.717) is 17.7 Å². The van der Waals surface area contributed by atoms with Gasteiger partial charge in [0.2, 0.25) is 0 Å². The Morgan fingerprint density at radius 3 is 2.67 bits per heavy atom. The zero-order valence-corrected chi connectivity index (χ0v) is 16.4. The van der Waals surface area contributed by atoms with Gasteiger partial charge in [-0.15, -0.1) is 0 Å². The molecule has 6 nitrogen and oxygen atoms in total. The maximum absolute atomic E-state index is 12.1. The van der Waals surface area contributed by atoms with Crippen LogP contribution in [0.25, 0.3) is 33.3 Å². The molecule has 0 saturated heterocycles. The summed E-state index contributed by atoms with van der Waals surface area (Å²) in [6, 6.07) is 17.4. The molecule has 2 N–H and O–H groups in total. The molecule has 6 heteroatoms. The Bertz CT molecular complexity index is 1310. The summed E-state index contributed by atoms with van der Waals surface area (Å²) in [5, 5.41) is 4.84. The molecule has 1 aliphatic rings. The van der Waals surface area contributed by atoms with Crippen molar-refractivity contribution < 1.29 is 14.3 Å². The first-order valence-electron chi connectivity index (χ1n) is 9.71. The average molecular weight is 397 g/mol. The summed E-state index contributed by atoms with van der Waals surface area (Å²) in [6.07, 6.45) is 2.58. The first-order valence-corrected chi connectivity index (χ1v) is 9.71. The number of fused-ring (bicyclic) bond motifs is 2. The number of aromatic nitrogens is 2. The number of ether oxygens (including phenoxy) is 1. The Hall–Kier alpha value is -3.93. The van der Waals surface area contributed by atoms with E-state index in [9.17, 15) is 9.59 Å². The molecular formula is C24H19N3O3. The van der Waals surface area contributed by atoms with Gasteiger partial charge < -0.3 is 15.0 Å². The summed E-state index contributed by atoms with van der Waals surface area (Å²) in [4.78, 5) is 31.7. The number of rotatable bonds is 3. The number of pyridine rings is 1. The van der Waals surface area contributed by atoms with E-state index in [4.69, 9.17) is 4.74 Å². The van der Waals surface area contributed by atoms with E-state index in [2.05, 4.69) is 21.4 Å². The highest BCUT2D eigenvalue weighted by molar-refractivity contribution is 5.98. The molecule has 1 aliphatic heterocycles. The number of carbonyl (C=O) groups is 2. The highest BCUT2D eigenvalue weighted by Gasteiger charge is 2.20. The van der Waals surface area contributed by atoms with Gasteiger partial charge in [0, 0.05) is 41.7 Å². The number of methoxy groups -OCH3 is 1. The third kappa shape index (κ3) is 3.12. The van der Waals surface area contributed by atoms with Crippen LogP contribution in [0.5, 0.6) is 0 Å². The second-order valence-corrected chi connectivity index (χ2v) is 7.28. The number of nitrogens with one attached hydrogen (secondary N) is 2. The molecule has 0 radical (unpaired) electrons. The molecule has 0 unspecified atom stereocenters. The quantitative estimate of drug-likeness (QED) is 0.513. The maximum atomic E-state index is 12.1. The first kappa shape index (κ1) is 18.1. The summed E-state index contributed by atoms with van der Waals surface area (Å²) < 4.78 is 4.79. The van der Waals surface area contributed by atoms with E-state index in [1.54, 1.807) is 12.3 Å². The number of nitrogens with zero attached hydrogens (tertiary/aromatic N) is 1. The van der Waals surface area contributed by atoms with Crippen LogP contribution in [0.15, 0.2) is 60.8 Å². The van der Waals surface area contributed by atoms with Crippen molar-refractivity contribution in [1.82, 2.24) is 15.3 Å². The molecule has 0 atom stereocenters. The van der Waals surface area contributed by atoms with Crippen LogP contribution in [-0.2, 0) is 11.2 Å². The van der Waals surface area contributed by atoms with Gasteiger partial charge in [-0.3, -0.25) is 9.78 Å². The fourth-order valence-corrected chi connectivity index (χ4v) is 3.85. The lowest BCUT2D eigenvalue weighted by molar-refractivity contribution is 0.0600. The Morgan fingerprint density at radius 1 is 1.00 bits per heavy atom. The molecule has 0 bridgehead atoms. The zero-order chi connectivity index (χ0) is 20.7. The number of hydrogen-bond donors (Lipinski definition) is 2. The minimum absolute atomic E-state index is 0.0334. The van der Waals surface area contributed by atoms with Gasteiger partial charge in [0.25, 0.3) is 5.91 Å². The number of benzene rings is 2. The van der Waals surface area contributed by atoms with Crippen molar-refractivity contribution >= 4 is 22.6 Å². The molecule has 4 aromatic rings. The minimum Gasteiger partial charge on any atom is -0.465 e. The van der Waals surface area contributed by atoms with E-state index >= 15 is 0 Å². The highest BCUT2D eigenvalue weighted by atomic mass is 16.5. The van der Waals surface area contributed by atoms with Gasteiger partial charge in [0.05, 0.1) is 23.9 Å². The molecule has 30 heavy (non-hydrogen) atoms. The van der Waals surface area contributed by atoms with Crippen LogP contribution in [-0.4, -0.2) is 35.5 Å². The standard InChI is InChI=1S/C24H19N3O3/c1-30-24(29)18-5-3-14-10-16(4-2-15(14)11-18)21-12-17(6-8-25-21)22-13-19-20(27-22)7-9-26-23(19)28/h2-6,8,10-13,27H,7,9H2,1H3,(H,26,28). The molecule has 0 saturated carbocycles. The van der Waals surface area contributed by atoms with Gasteiger partial charge in [0.1, 0.15) is 0 Å². The van der Waals surface area contributed by atoms with Crippen molar-refractivity contribution in [2.75, 3.05) is 13.7 Å². The predicted molar refractivity (Wildman–Crippen MR) is 114 cm³/mol. The van der Waals surface area contributed by atoms with Gasteiger partial charge in [-0.1, -0.05) is 18.2 Å². The maximum Gasteiger partial charge on any atom is 0.337 e. The van der Waals surface area contributed by atoms with Gasteiger partial charge in [-0.05, 0) is 47.2 Å². The third-order valence-electron chi connectivity index (χ3n) is 5.43. The number of amides is 1. The number of hydrogen-bond acceptors (Lipinski definition) is 4. The summed E-state index contributed by atoms with van der Waals surface area (Å²) in [7, 11) is 1.38. The highest BCUT2D eigenvalue weighted by Crippen LogP contribution is 2.29. The van der Waals surface area contributed by atoms with Gasteiger partial charge in [-0.2, -0.15) is 0 Å². The van der Waals surface area contributed by atoms with Crippen molar-refractivity contribution in [3.05, 3.63) is 77.6 Å². The van der Waals surface area contributed by atoms with Crippen molar-refractivity contribution in [2.45, 2.75) is 6.42 Å². The topological polar surface area (TPSA) is 84.1 Å². The Balaban J connectivity index is 1.51. The minimum atomic E-state index is -0.349. The molecule has 2 aromatic heterocycles. The number of aromatic amines is 1. The third-order valence-corrected chi connectivity index (χ3v) is 5.43. The molecule has 3 heterocycles. The summed E-state index contributed by atoms with van der Waals surface area (Å²) in [6.45, 7) is 0.655. The van der Waals surface area contributed by atoms with Gasteiger partial charge >= 0.3 is 5.97 Å². The normalized spacial score (nSPS) is 13.0. The van der Waals surface area contributed by atoms with Crippen LogP contribution in [0.1, 0.15) is 26.4 Å². The molecule has 2 aromatic carbocycles. The number of carbonyl (C=O) groups excluding carboxylic acids is 2. The van der Waals surface area contributed by atoms with E-state index in [1.165, 1.54) is 7.11 Å². The fraction of sp³-hybridized carbons (Fsp3) is 0.125. The van der Waals surface area contributed by atoms with Crippen molar-refractivity contribution in [1.29, 1.82) is 0 Å². The molecule has 0 aliphatic carbocycles. The molecule has 1 amide bonds. The van der Waals surface area contributed by atoms with Crippen LogP contribution >= 0.6 is 0 Å². The lowest BCUT2D eigenvalue weighted by Gasteiger charge is -2.11. The zero-order valence-electron chi connectivity index (χ0n) is 16.4. The van der Waals surface area contributed by atoms with E-state index in [-0.39, 0.29) is 11.9 Å². The second-order valence-electron chi connectivity index (χ2n) is 7.28. The smallest absolute Gasteiger partial charge is 0.337 e. The number of H-pyrrole nitrogens is 1. The summed E-state index contributed by atoms with van der Waals surface area (Å²) in [5.74, 6) is -0.383. The molecule has 0 fully saturated rings. The summed E-state index contributed by atoms with van der Waals surface area (Å²) >= 11 is 0. The van der Waals surface area contributed by atoms with Crippen LogP contribution in [0, 0.1) is 0 Å². The molecule has 5 rings (SSSR count). The predicted octanol–water partition coefficient (Wildman–Crippen LogP) is 3.97. The van der Waals surface area contributed by atoms with Crippen LogP contribution in [0.4, 0.5) is 0 Å². The lowest BCUT2D eigenvalue weighted by atomic mass is 10.0. The van der Waals surface area contributed by atoms with Crippen molar-refractivity contribution in [3.8, 4) is 22.5 Å². The van der Waals surface area contributed by atoms with Crippen molar-refractivity contribution in [2.24, 2.45) is 0 Å². The Labute approximate surface area is 172 Å². The monoisotopic (exact) mass is 397 g/mol. The van der Waals surface area contributed by atoms with Gasteiger partial charge in [0.15, 0.2) is 0 Å². The Kier molecular flexibility index (Phi) is 4.32. The number of esters is 1. The van der Waals surface area contributed by atoms with E-state index < -0.39 is 0 Å². The van der Waals surface area contributed by atoms with Crippen LogP contribution < -0.4 is 5.32 Å². The molecule has 148 valence electrons. The molecule has 0 spiro atoms. The van der Waals surface area contributed by atoms with Crippen molar-refractivity contribution in [3.63, 3.8) is 0 Å². The fourth-order valence-electron chi connectivity index (χ4n) is 3.85.